The molecule has 0 spiro atoms. The van der Waals surface area contributed by atoms with Crippen molar-refractivity contribution in [1.82, 2.24) is 14.7 Å². The molecule has 6 heteroatoms. The Balaban J connectivity index is 1.47. The van der Waals surface area contributed by atoms with Gasteiger partial charge in [0.1, 0.15) is 0 Å². The summed E-state index contributed by atoms with van der Waals surface area (Å²) in [6.07, 6.45) is 0.977. The first kappa shape index (κ1) is 17.9. The largest absolute Gasteiger partial charge is 0.378 e. The van der Waals surface area contributed by atoms with Gasteiger partial charge in [-0.3, -0.25) is 14.5 Å². The fourth-order valence-electron chi connectivity index (χ4n) is 3.28. The Morgan fingerprint density at radius 2 is 1.56 bits per heavy atom. The lowest BCUT2D eigenvalue weighted by molar-refractivity contribution is -0.136. The van der Waals surface area contributed by atoms with Crippen molar-refractivity contribution >= 4 is 11.8 Å². The van der Waals surface area contributed by atoms with E-state index in [0.29, 0.717) is 45.9 Å². The van der Waals surface area contributed by atoms with Gasteiger partial charge in [0.05, 0.1) is 19.8 Å². The second-order valence-corrected chi connectivity index (χ2v) is 6.61. The minimum Gasteiger partial charge on any atom is -0.378 e. The van der Waals surface area contributed by atoms with Crippen LogP contribution >= 0.6 is 0 Å². The van der Waals surface area contributed by atoms with E-state index >= 15 is 0 Å². The van der Waals surface area contributed by atoms with E-state index in [9.17, 15) is 9.59 Å². The van der Waals surface area contributed by atoms with Crippen molar-refractivity contribution in [2.75, 3.05) is 59.0 Å². The predicted molar refractivity (Wildman–Crippen MR) is 95.6 cm³/mol. The third-order valence-corrected chi connectivity index (χ3v) is 4.99. The minimum atomic E-state index is 0.0850. The number of piperazine rings is 1. The van der Waals surface area contributed by atoms with Crippen LogP contribution in [0.5, 0.6) is 0 Å². The normalized spacial score (nSPS) is 19.1. The fraction of sp³-hybridized carbons (Fsp3) is 0.579. The van der Waals surface area contributed by atoms with Crippen LogP contribution in [-0.4, -0.2) is 85.5 Å². The fourth-order valence-corrected chi connectivity index (χ4v) is 3.28. The van der Waals surface area contributed by atoms with Crippen LogP contribution in [0, 0.1) is 0 Å². The van der Waals surface area contributed by atoms with E-state index in [1.807, 2.05) is 34.1 Å². The molecule has 0 saturated carbocycles. The van der Waals surface area contributed by atoms with Crippen LogP contribution in [0.1, 0.15) is 22.8 Å². The molecule has 0 aliphatic carbocycles. The highest BCUT2D eigenvalue weighted by atomic mass is 16.5. The standard InChI is InChI=1S/C19H27N3O3/c1-2-16-3-5-17(6-4-16)19(24)22-9-7-20(8-10-22)15-18(23)21-11-13-25-14-12-21/h3-6H,2,7-15H2,1H3. The number of morpholine rings is 1. The summed E-state index contributed by atoms with van der Waals surface area (Å²) in [5.41, 5.74) is 1.98. The molecule has 0 unspecified atom stereocenters. The zero-order valence-electron chi connectivity index (χ0n) is 14.9. The van der Waals surface area contributed by atoms with E-state index in [4.69, 9.17) is 4.74 Å². The summed E-state index contributed by atoms with van der Waals surface area (Å²) in [6.45, 7) is 8.01. The van der Waals surface area contributed by atoms with Gasteiger partial charge in [0, 0.05) is 44.8 Å². The molecule has 2 aliphatic rings. The number of nitrogens with zero attached hydrogens (tertiary/aromatic N) is 3. The summed E-state index contributed by atoms with van der Waals surface area (Å²) in [4.78, 5) is 30.8. The molecule has 136 valence electrons. The third kappa shape index (κ3) is 4.58. The second-order valence-electron chi connectivity index (χ2n) is 6.61. The molecule has 0 bridgehead atoms. The smallest absolute Gasteiger partial charge is 0.253 e. The topological polar surface area (TPSA) is 53.1 Å². The predicted octanol–water partition coefficient (Wildman–Crippen LogP) is 0.866. The molecule has 1 aromatic carbocycles. The summed E-state index contributed by atoms with van der Waals surface area (Å²) < 4.78 is 5.29. The number of amides is 2. The SMILES string of the molecule is CCc1ccc(C(=O)N2CCN(CC(=O)N3CCOCC3)CC2)cc1. The molecular formula is C19H27N3O3. The van der Waals surface area contributed by atoms with Crippen LogP contribution in [0.15, 0.2) is 24.3 Å². The number of carbonyl (C=O) groups is 2. The Bertz CT molecular complexity index is 588. The number of aryl methyl sites for hydroxylation is 1. The maximum Gasteiger partial charge on any atom is 0.253 e. The molecule has 2 fully saturated rings. The molecule has 2 saturated heterocycles. The summed E-state index contributed by atoms with van der Waals surface area (Å²) in [7, 11) is 0. The molecule has 6 nitrogen and oxygen atoms in total. The van der Waals surface area contributed by atoms with E-state index < -0.39 is 0 Å². The lowest BCUT2D eigenvalue weighted by Gasteiger charge is -2.36. The number of rotatable bonds is 4. The summed E-state index contributed by atoms with van der Waals surface area (Å²) in [5, 5.41) is 0. The molecule has 0 aromatic heterocycles. The van der Waals surface area contributed by atoms with Crippen molar-refractivity contribution in [2.45, 2.75) is 13.3 Å². The van der Waals surface area contributed by atoms with Crippen molar-refractivity contribution in [3.8, 4) is 0 Å². The van der Waals surface area contributed by atoms with Crippen LogP contribution in [0.2, 0.25) is 0 Å². The first-order valence-corrected chi connectivity index (χ1v) is 9.13. The third-order valence-electron chi connectivity index (χ3n) is 4.99. The van der Waals surface area contributed by atoms with Crippen LogP contribution in [0.25, 0.3) is 0 Å². The van der Waals surface area contributed by atoms with Crippen LogP contribution < -0.4 is 0 Å². The maximum absolute atomic E-state index is 12.6. The number of hydrogen-bond acceptors (Lipinski definition) is 4. The summed E-state index contributed by atoms with van der Waals surface area (Å²) >= 11 is 0. The van der Waals surface area contributed by atoms with Gasteiger partial charge < -0.3 is 14.5 Å². The number of carbonyl (C=O) groups excluding carboxylic acids is 2. The highest BCUT2D eigenvalue weighted by molar-refractivity contribution is 5.94. The Morgan fingerprint density at radius 3 is 2.16 bits per heavy atom. The zero-order chi connectivity index (χ0) is 17.6. The molecule has 0 N–H and O–H groups in total. The van der Waals surface area contributed by atoms with E-state index in [2.05, 4.69) is 11.8 Å². The first-order chi connectivity index (χ1) is 12.2. The van der Waals surface area contributed by atoms with Crippen LogP contribution in [-0.2, 0) is 16.0 Å². The van der Waals surface area contributed by atoms with E-state index in [1.165, 1.54) is 5.56 Å². The monoisotopic (exact) mass is 345 g/mol. The van der Waals surface area contributed by atoms with Crippen molar-refractivity contribution in [3.05, 3.63) is 35.4 Å². The highest BCUT2D eigenvalue weighted by Gasteiger charge is 2.25. The molecule has 25 heavy (non-hydrogen) atoms. The van der Waals surface area contributed by atoms with E-state index in [1.54, 1.807) is 0 Å². The zero-order valence-corrected chi connectivity index (χ0v) is 14.9. The molecule has 0 radical (unpaired) electrons. The van der Waals surface area contributed by atoms with Gasteiger partial charge >= 0.3 is 0 Å². The van der Waals surface area contributed by atoms with Crippen molar-refractivity contribution in [1.29, 1.82) is 0 Å². The van der Waals surface area contributed by atoms with Gasteiger partial charge in [-0.05, 0) is 24.1 Å². The number of benzene rings is 1. The van der Waals surface area contributed by atoms with Gasteiger partial charge in [-0.25, -0.2) is 0 Å². The van der Waals surface area contributed by atoms with Gasteiger partial charge in [-0.15, -0.1) is 0 Å². The van der Waals surface area contributed by atoms with Gasteiger partial charge in [-0.1, -0.05) is 19.1 Å². The minimum absolute atomic E-state index is 0.0850. The van der Waals surface area contributed by atoms with Gasteiger partial charge in [-0.2, -0.15) is 0 Å². The molecule has 1 aromatic rings. The van der Waals surface area contributed by atoms with Crippen LogP contribution in [0.4, 0.5) is 0 Å². The lowest BCUT2D eigenvalue weighted by atomic mass is 10.1. The summed E-state index contributed by atoms with van der Waals surface area (Å²) in [6, 6.07) is 7.86. The summed E-state index contributed by atoms with van der Waals surface area (Å²) in [5.74, 6) is 0.250. The molecule has 2 amide bonds. The molecule has 3 rings (SSSR count). The number of ether oxygens (including phenoxy) is 1. The van der Waals surface area contributed by atoms with Crippen LogP contribution in [0.3, 0.4) is 0 Å². The Morgan fingerprint density at radius 1 is 0.920 bits per heavy atom. The Labute approximate surface area is 149 Å². The maximum atomic E-state index is 12.6. The average molecular weight is 345 g/mol. The van der Waals surface area contributed by atoms with E-state index in [-0.39, 0.29) is 11.8 Å². The Kier molecular flexibility index (Phi) is 6.04. The molecule has 0 atom stereocenters. The molecule has 2 heterocycles. The second kappa shape index (κ2) is 8.45. The highest BCUT2D eigenvalue weighted by Crippen LogP contribution is 2.11. The van der Waals surface area contributed by atoms with Crippen molar-refractivity contribution in [3.63, 3.8) is 0 Å². The first-order valence-electron chi connectivity index (χ1n) is 9.13. The average Bonchev–Trinajstić information content (AvgIpc) is 2.69. The van der Waals surface area contributed by atoms with E-state index in [0.717, 1.165) is 25.1 Å². The molecular weight excluding hydrogens is 318 g/mol. The molecule has 2 aliphatic heterocycles. The number of hydrogen-bond donors (Lipinski definition) is 0. The lowest BCUT2D eigenvalue weighted by Crippen LogP contribution is -2.52. The van der Waals surface area contributed by atoms with Gasteiger partial charge in [0.2, 0.25) is 5.91 Å². The quantitative estimate of drug-likeness (QED) is 0.812. The van der Waals surface area contributed by atoms with Crippen molar-refractivity contribution in [2.24, 2.45) is 0 Å². The van der Waals surface area contributed by atoms with Gasteiger partial charge in [0.25, 0.3) is 5.91 Å². The van der Waals surface area contributed by atoms with Crippen molar-refractivity contribution < 1.29 is 14.3 Å². The Hall–Kier alpha value is -1.92. The van der Waals surface area contributed by atoms with Gasteiger partial charge in [0.15, 0.2) is 0 Å².